The lowest BCUT2D eigenvalue weighted by atomic mass is 10.3. The van der Waals surface area contributed by atoms with Crippen LogP contribution in [0.4, 0.5) is 5.82 Å². The molecule has 1 amide bonds. The first-order valence-corrected chi connectivity index (χ1v) is 5.12. The van der Waals surface area contributed by atoms with Crippen LogP contribution in [0.5, 0.6) is 0 Å². The van der Waals surface area contributed by atoms with Crippen LogP contribution in [0.25, 0.3) is 0 Å². The van der Waals surface area contributed by atoms with Crippen molar-refractivity contribution in [3.63, 3.8) is 0 Å². The number of anilines is 1. The molecule has 0 aromatic carbocycles. The molecule has 0 atom stereocenters. The van der Waals surface area contributed by atoms with Gasteiger partial charge in [-0.2, -0.15) is 0 Å². The Balaban J connectivity index is 2.20. The number of carbonyl (C=O) groups is 2. The molecule has 7 nitrogen and oxygen atoms in total. The molecule has 1 N–H and O–H groups in total. The van der Waals surface area contributed by atoms with Crippen LogP contribution < -0.4 is 10.2 Å². The molecule has 1 saturated heterocycles. The summed E-state index contributed by atoms with van der Waals surface area (Å²) in [5.41, 5.74) is 0.184. The molecule has 0 unspecified atom stereocenters. The lowest BCUT2D eigenvalue weighted by molar-refractivity contribution is -0.120. The first-order chi connectivity index (χ1) is 8.20. The Labute approximate surface area is 97.8 Å². The highest BCUT2D eigenvalue weighted by Crippen LogP contribution is 2.12. The van der Waals surface area contributed by atoms with Crippen LogP contribution in [0.3, 0.4) is 0 Å². The fourth-order valence-electron chi connectivity index (χ4n) is 1.57. The summed E-state index contributed by atoms with van der Waals surface area (Å²) in [6.45, 7) is 1.46. The number of aromatic nitrogens is 2. The molecule has 2 heterocycles. The standard InChI is InChI=1S/C10H12N4O3/c1-17-10(16)7-4-8(13-6-12-7)14-3-2-11-9(15)5-14/h4,6H,2-3,5H2,1H3,(H,11,15). The van der Waals surface area contributed by atoms with Gasteiger partial charge in [0.1, 0.15) is 12.1 Å². The van der Waals surface area contributed by atoms with Crippen molar-refractivity contribution in [2.75, 3.05) is 31.6 Å². The van der Waals surface area contributed by atoms with Crippen LogP contribution in [0.15, 0.2) is 12.4 Å². The number of esters is 1. The van der Waals surface area contributed by atoms with E-state index in [0.717, 1.165) is 0 Å². The van der Waals surface area contributed by atoms with E-state index >= 15 is 0 Å². The van der Waals surface area contributed by atoms with Gasteiger partial charge in [0.15, 0.2) is 5.69 Å². The fourth-order valence-corrected chi connectivity index (χ4v) is 1.57. The summed E-state index contributed by atoms with van der Waals surface area (Å²) < 4.78 is 4.57. The average molecular weight is 236 g/mol. The largest absolute Gasteiger partial charge is 0.464 e. The molecule has 1 aliphatic heterocycles. The molecule has 0 radical (unpaired) electrons. The fraction of sp³-hybridized carbons (Fsp3) is 0.400. The van der Waals surface area contributed by atoms with Crippen molar-refractivity contribution >= 4 is 17.7 Å². The molecule has 1 fully saturated rings. The smallest absolute Gasteiger partial charge is 0.356 e. The third-order valence-corrected chi connectivity index (χ3v) is 2.41. The van der Waals surface area contributed by atoms with E-state index in [1.54, 1.807) is 4.90 Å². The minimum absolute atomic E-state index is 0.0607. The highest BCUT2D eigenvalue weighted by Gasteiger charge is 2.19. The lowest BCUT2D eigenvalue weighted by Crippen LogP contribution is -2.48. The molecule has 1 aromatic rings. The van der Waals surface area contributed by atoms with Crippen molar-refractivity contribution in [2.45, 2.75) is 0 Å². The third-order valence-electron chi connectivity index (χ3n) is 2.41. The van der Waals surface area contributed by atoms with Gasteiger partial charge in [0.2, 0.25) is 5.91 Å². The number of rotatable bonds is 2. The van der Waals surface area contributed by atoms with Crippen molar-refractivity contribution < 1.29 is 14.3 Å². The molecule has 2 rings (SSSR count). The summed E-state index contributed by atoms with van der Waals surface area (Å²) in [4.78, 5) is 32.2. The van der Waals surface area contributed by atoms with Gasteiger partial charge in [0, 0.05) is 19.2 Å². The highest BCUT2D eigenvalue weighted by molar-refractivity contribution is 5.88. The van der Waals surface area contributed by atoms with Gasteiger partial charge < -0.3 is 15.0 Å². The van der Waals surface area contributed by atoms with Crippen molar-refractivity contribution in [3.8, 4) is 0 Å². The van der Waals surface area contributed by atoms with Crippen LogP contribution >= 0.6 is 0 Å². The Kier molecular flexibility index (Phi) is 3.17. The van der Waals surface area contributed by atoms with Gasteiger partial charge in [0.05, 0.1) is 13.7 Å². The molecule has 0 aliphatic carbocycles. The summed E-state index contributed by atoms with van der Waals surface area (Å²) >= 11 is 0. The molecular formula is C10H12N4O3. The molecule has 0 spiro atoms. The first-order valence-electron chi connectivity index (χ1n) is 5.12. The normalized spacial score (nSPS) is 15.4. The number of ether oxygens (including phenoxy) is 1. The number of piperazine rings is 1. The topological polar surface area (TPSA) is 84.4 Å². The molecule has 1 aliphatic rings. The molecule has 0 bridgehead atoms. The molecular weight excluding hydrogens is 224 g/mol. The van der Waals surface area contributed by atoms with Gasteiger partial charge in [-0.05, 0) is 0 Å². The van der Waals surface area contributed by atoms with Crippen LogP contribution in [0, 0.1) is 0 Å². The van der Waals surface area contributed by atoms with E-state index in [4.69, 9.17) is 0 Å². The minimum Gasteiger partial charge on any atom is -0.464 e. The van der Waals surface area contributed by atoms with E-state index in [2.05, 4.69) is 20.0 Å². The Morgan fingerprint density at radius 1 is 1.53 bits per heavy atom. The minimum atomic E-state index is -0.518. The molecule has 0 saturated carbocycles. The summed E-state index contributed by atoms with van der Waals surface area (Å²) in [7, 11) is 1.29. The summed E-state index contributed by atoms with van der Waals surface area (Å²) in [5, 5.41) is 2.71. The predicted octanol–water partition coefficient (Wildman–Crippen LogP) is -0.801. The Bertz CT molecular complexity index is 449. The zero-order chi connectivity index (χ0) is 12.3. The Morgan fingerprint density at radius 2 is 2.35 bits per heavy atom. The zero-order valence-electron chi connectivity index (χ0n) is 9.34. The highest BCUT2D eigenvalue weighted by atomic mass is 16.5. The number of nitrogens with one attached hydrogen (secondary N) is 1. The molecule has 1 aromatic heterocycles. The molecule has 7 heteroatoms. The molecule has 17 heavy (non-hydrogen) atoms. The van der Waals surface area contributed by atoms with Crippen molar-refractivity contribution in [1.82, 2.24) is 15.3 Å². The SMILES string of the molecule is COC(=O)c1cc(N2CCNC(=O)C2)ncn1. The van der Waals surface area contributed by atoms with Gasteiger partial charge in [-0.15, -0.1) is 0 Å². The summed E-state index contributed by atoms with van der Waals surface area (Å²) in [5.74, 6) is -0.0279. The summed E-state index contributed by atoms with van der Waals surface area (Å²) in [6, 6.07) is 1.52. The van der Waals surface area contributed by atoms with E-state index in [1.165, 1.54) is 19.5 Å². The number of carbonyl (C=O) groups excluding carboxylic acids is 2. The van der Waals surface area contributed by atoms with Gasteiger partial charge in [-0.25, -0.2) is 14.8 Å². The second kappa shape index (κ2) is 4.77. The van der Waals surface area contributed by atoms with Crippen LogP contribution in [0.2, 0.25) is 0 Å². The van der Waals surface area contributed by atoms with Gasteiger partial charge in [-0.1, -0.05) is 0 Å². The monoisotopic (exact) mass is 236 g/mol. The van der Waals surface area contributed by atoms with Crippen LogP contribution in [0.1, 0.15) is 10.5 Å². The van der Waals surface area contributed by atoms with E-state index in [9.17, 15) is 9.59 Å². The Hall–Kier alpha value is -2.18. The summed E-state index contributed by atoms with van der Waals surface area (Å²) in [6.07, 6.45) is 1.29. The van der Waals surface area contributed by atoms with E-state index < -0.39 is 5.97 Å². The maximum absolute atomic E-state index is 11.3. The van der Waals surface area contributed by atoms with Gasteiger partial charge in [-0.3, -0.25) is 4.79 Å². The third kappa shape index (κ3) is 2.49. The average Bonchev–Trinajstić information content (AvgIpc) is 2.38. The molecule has 90 valence electrons. The zero-order valence-corrected chi connectivity index (χ0v) is 9.34. The number of hydrogen-bond acceptors (Lipinski definition) is 6. The first kappa shape index (κ1) is 11.3. The lowest BCUT2D eigenvalue weighted by Gasteiger charge is -2.27. The van der Waals surface area contributed by atoms with Crippen molar-refractivity contribution in [1.29, 1.82) is 0 Å². The predicted molar refractivity (Wildman–Crippen MR) is 58.6 cm³/mol. The number of amides is 1. The second-order valence-electron chi connectivity index (χ2n) is 3.52. The van der Waals surface area contributed by atoms with E-state index in [1.807, 2.05) is 0 Å². The van der Waals surface area contributed by atoms with Crippen LogP contribution in [-0.4, -0.2) is 48.6 Å². The quantitative estimate of drug-likeness (QED) is 0.677. The van der Waals surface area contributed by atoms with Gasteiger partial charge >= 0.3 is 5.97 Å². The Morgan fingerprint density at radius 3 is 3.06 bits per heavy atom. The van der Waals surface area contributed by atoms with Gasteiger partial charge in [0.25, 0.3) is 0 Å². The van der Waals surface area contributed by atoms with E-state index in [0.29, 0.717) is 18.9 Å². The van der Waals surface area contributed by atoms with Crippen LogP contribution in [-0.2, 0) is 9.53 Å². The number of nitrogens with zero attached hydrogens (tertiary/aromatic N) is 3. The van der Waals surface area contributed by atoms with Crippen molar-refractivity contribution in [3.05, 3.63) is 18.1 Å². The second-order valence-corrected chi connectivity index (χ2v) is 3.52. The maximum atomic E-state index is 11.3. The number of methoxy groups -OCH3 is 1. The van der Waals surface area contributed by atoms with E-state index in [-0.39, 0.29) is 18.1 Å². The maximum Gasteiger partial charge on any atom is 0.356 e. The van der Waals surface area contributed by atoms with Crippen molar-refractivity contribution in [2.24, 2.45) is 0 Å². The number of hydrogen-bond donors (Lipinski definition) is 1.